The number of aromatic nitrogens is 2. The Hall–Kier alpha value is -2.04. The lowest BCUT2D eigenvalue weighted by atomic mass is 10.3. The van der Waals surface area contributed by atoms with Gasteiger partial charge in [-0.05, 0) is 42.5 Å². The number of hydrogen-bond acceptors (Lipinski definition) is 3. The minimum atomic E-state index is -0.151. The van der Waals surface area contributed by atoms with Crippen molar-refractivity contribution in [2.45, 2.75) is 9.92 Å². The summed E-state index contributed by atoms with van der Waals surface area (Å²) >= 11 is 7.35. The standard InChI is InChI=1S/C16H11ClN2OS/c17-12-6-8-14(9-7-12)21-15-10-11-16(20)19(18-15)13-4-2-1-3-5-13/h1-11H. The van der Waals surface area contributed by atoms with Gasteiger partial charge in [0, 0.05) is 16.0 Å². The number of rotatable bonds is 3. The van der Waals surface area contributed by atoms with Gasteiger partial charge in [0.1, 0.15) is 5.03 Å². The van der Waals surface area contributed by atoms with E-state index in [1.165, 1.54) is 22.5 Å². The van der Waals surface area contributed by atoms with Crippen LogP contribution in [-0.2, 0) is 0 Å². The molecule has 0 aliphatic rings. The smallest absolute Gasteiger partial charge is 0.267 e. The van der Waals surface area contributed by atoms with Gasteiger partial charge in [-0.25, -0.2) is 0 Å². The van der Waals surface area contributed by atoms with Crippen LogP contribution in [0.5, 0.6) is 0 Å². The van der Waals surface area contributed by atoms with Crippen LogP contribution in [0, 0.1) is 0 Å². The highest BCUT2D eigenvalue weighted by molar-refractivity contribution is 7.99. The number of hydrogen-bond donors (Lipinski definition) is 0. The van der Waals surface area contributed by atoms with Crippen molar-refractivity contribution < 1.29 is 0 Å². The molecule has 0 saturated carbocycles. The van der Waals surface area contributed by atoms with Crippen LogP contribution in [0.2, 0.25) is 5.02 Å². The maximum Gasteiger partial charge on any atom is 0.271 e. The number of halogens is 1. The van der Waals surface area contributed by atoms with E-state index < -0.39 is 0 Å². The Kier molecular flexibility index (Phi) is 4.08. The zero-order chi connectivity index (χ0) is 14.7. The molecule has 0 unspecified atom stereocenters. The van der Waals surface area contributed by atoms with Gasteiger partial charge in [0.05, 0.1) is 5.69 Å². The molecule has 0 radical (unpaired) electrons. The first-order valence-corrected chi connectivity index (χ1v) is 7.51. The first-order valence-electron chi connectivity index (χ1n) is 6.31. The predicted molar refractivity (Wildman–Crippen MR) is 85.4 cm³/mol. The first kappa shape index (κ1) is 13.9. The summed E-state index contributed by atoms with van der Waals surface area (Å²) in [6, 6.07) is 20.1. The van der Waals surface area contributed by atoms with Crippen LogP contribution in [0.3, 0.4) is 0 Å². The molecule has 0 fully saturated rings. The molecule has 0 spiro atoms. The van der Waals surface area contributed by atoms with Crippen LogP contribution >= 0.6 is 23.4 Å². The molecular weight excluding hydrogens is 304 g/mol. The molecule has 0 aliphatic heterocycles. The van der Waals surface area contributed by atoms with Crippen molar-refractivity contribution in [3.8, 4) is 5.69 Å². The second-order valence-electron chi connectivity index (χ2n) is 4.31. The molecule has 0 aliphatic carbocycles. The third kappa shape index (κ3) is 3.35. The topological polar surface area (TPSA) is 34.9 Å². The Morgan fingerprint density at radius 1 is 0.905 bits per heavy atom. The molecule has 1 heterocycles. The summed E-state index contributed by atoms with van der Waals surface area (Å²) in [5.41, 5.74) is 0.600. The highest BCUT2D eigenvalue weighted by Crippen LogP contribution is 2.26. The van der Waals surface area contributed by atoms with Crippen molar-refractivity contribution in [1.82, 2.24) is 9.78 Å². The Labute approximate surface area is 131 Å². The maximum absolute atomic E-state index is 11.9. The van der Waals surface area contributed by atoms with Gasteiger partial charge >= 0.3 is 0 Å². The molecule has 2 aromatic carbocycles. The summed E-state index contributed by atoms with van der Waals surface area (Å²) < 4.78 is 1.40. The fourth-order valence-electron chi connectivity index (χ4n) is 1.83. The van der Waals surface area contributed by atoms with Crippen LogP contribution < -0.4 is 5.56 Å². The second kappa shape index (κ2) is 6.16. The Morgan fingerprint density at radius 3 is 2.33 bits per heavy atom. The average molecular weight is 315 g/mol. The summed E-state index contributed by atoms with van der Waals surface area (Å²) in [6.07, 6.45) is 0. The van der Waals surface area contributed by atoms with Crippen LogP contribution in [0.1, 0.15) is 0 Å². The van der Waals surface area contributed by atoms with Crippen LogP contribution in [0.4, 0.5) is 0 Å². The van der Waals surface area contributed by atoms with E-state index in [1.54, 1.807) is 6.07 Å². The predicted octanol–water partition coefficient (Wildman–Crippen LogP) is 4.04. The van der Waals surface area contributed by atoms with Gasteiger partial charge in [0.15, 0.2) is 0 Å². The molecule has 0 saturated heterocycles. The molecule has 3 aromatic rings. The first-order chi connectivity index (χ1) is 10.2. The minimum Gasteiger partial charge on any atom is -0.267 e. The van der Waals surface area contributed by atoms with Gasteiger partial charge in [0.2, 0.25) is 0 Å². The molecule has 3 rings (SSSR count). The SMILES string of the molecule is O=c1ccc(Sc2ccc(Cl)cc2)nn1-c1ccccc1. The molecule has 21 heavy (non-hydrogen) atoms. The molecule has 1 aromatic heterocycles. The van der Waals surface area contributed by atoms with Crippen molar-refractivity contribution in [3.63, 3.8) is 0 Å². The van der Waals surface area contributed by atoms with Gasteiger partial charge in [-0.1, -0.05) is 41.6 Å². The Morgan fingerprint density at radius 2 is 1.62 bits per heavy atom. The molecule has 104 valence electrons. The van der Waals surface area contributed by atoms with Gasteiger partial charge in [-0.15, -0.1) is 0 Å². The monoisotopic (exact) mass is 314 g/mol. The normalized spacial score (nSPS) is 10.5. The molecular formula is C16H11ClN2OS. The van der Waals surface area contributed by atoms with Gasteiger partial charge in [-0.2, -0.15) is 9.78 Å². The summed E-state index contributed by atoms with van der Waals surface area (Å²) in [5, 5.41) is 5.84. The van der Waals surface area contributed by atoms with Crippen molar-refractivity contribution in [2.24, 2.45) is 0 Å². The van der Waals surface area contributed by atoms with E-state index in [0.29, 0.717) is 5.02 Å². The van der Waals surface area contributed by atoms with Gasteiger partial charge in [-0.3, -0.25) is 4.79 Å². The summed E-state index contributed by atoms with van der Waals surface area (Å²) in [5.74, 6) is 0. The molecule has 3 nitrogen and oxygen atoms in total. The number of para-hydroxylation sites is 1. The number of nitrogens with zero attached hydrogens (tertiary/aromatic N) is 2. The van der Waals surface area contributed by atoms with E-state index in [2.05, 4.69) is 5.10 Å². The lowest BCUT2D eigenvalue weighted by molar-refractivity contribution is 0.754. The van der Waals surface area contributed by atoms with Crippen LogP contribution in [0.25, 0.3) is 5.69 Å². The third-order valence-electron chi connectivity index (χ3n) is 2.81. The molecule has 0 bridgehead atoms. The third-order valence-corrected chi connectivity index (χ3v) is 4.00. The van der Waals surface area contributed by atoms with E-state index in [1.807, 2.05) is 54.6 Å². The fraction of sp³-hybridized carbons (Fsp3) is 0. The lowest BCUT2D eigenvalue weighted by Gasteiger charge is -2.06. The van der Waals surface area contributed by atoms with E-state index in [0.717, 1.165) is 15.6 Å². The zero-order valence-electron chi connectivity index (χ0n) is 10.9. The number of benzene rings is 2. The van der Waals surface area contributed by atoms with E-state index in [4.69, 9.17) is 11.6 Å². The average Bonchev–Trinajstić information content (AvgIpc) is 2.52. The zero-order valence-corrected chi connectivity index (χ0v) is 12.5. The van der Waals surface area contributed by atoms with Gasteiger partial charge in [0.25, 0.3) is 5.56 Å². The van der Waals surface area contributed by atoms with Crippen LogP contribution in [0.15, 0.2) is 81.4 Å². The van der Waals surface area contributed by atoms with Crippen molar-refractivity contribution in [2.75, 3.05) is 0 Å². The summed E-state index contributed by atoms with van der Waals surface area (Å²) in [6.45, 7) is 0. The molecule has 0 N–H and O–H groups in total. The quantitative estimate of drug-likeness (QED) is 0.732. The molecule has 0 amide bonds. The van der Waals surface area contributed by atoms with Crippen molar-refractivity contribution in [1.29, 1.82) is 0 Å². The minimum absolute atomic E-state index is 0.151. The fourth-order valence-corrected chi connectivity index (χ4v) is 2.72. The second-order valence-corrected chi connectivity index (χ2v) is 5.84. The summed E-state index contributed by atoms with van der Waals surface area (Å²) in [4.78, 5) is 13.0. The molecule has 0 atom stereocenters. The highest BCUT2D eigenvalue weighted by atomic mass is 35.5. The van der Waals surface area contributed by atoms with Gasteiger partial charge < -0.3 is 0 Å². The Balaban J connectivity index is 1.94. The highest BCUT2D eigenvalue weighted by Gasteiger charge is 2.04. The van der Waals surface area contributed by atoms with E-state index >= 15 is 0 Å². The largest absolute Gasteiger partial charge is 0.271 e. The van der Waals surface area contributed by atoms with Crippen LogP contribution in [-0.4, -0.2) is 9.78 Å². The van der Waals surface area contributed by atoms with E-state index in [-0.39, 0.29) is 5.56 Å². The summed E-state index contributed by atoms with van der Waals surface area (Å²) in [7, 11) is 0. The Bertz CT molecular complexity index is 801. The van der Waals surface area contributed by atoms with Crippen molar-refractivity contribution >= 4 is 23.4 Å². The lowest BCUT2D eigenvalue weighted by Crippen LogP contribution is -2.20. The van der Waals surface area contributed by atoms with Crippen molar-refractivity contribution in [3.05, 3.63) is 82.1 Å². The maximum atomic E-state index is 11.9. The van der Waals surface area contributed by atoms with E-state index in [9.17, 15) is 4.79 Å². The molecule has 5 heteroatoms.